The van der Waals surface area contributed by atoms with E-state index in [1.807, 2.05) is 0 Å². The molecule has 0 saturated heterocycles. The van der Waals surface area contributed by atoms with Crippen LogP contribution in [0.2, 0.25) is 0 Å². The van der Waals surface area contributed by atoms with E-state index in [2.05, 4.69) is 0 Å². The van der Waals surface area contributed by atoms with E-state index in [0.29, 0.717) is 0 Å². The second kappa shape index (κ2) is 3.13. The number of carbonyl (C=O) groups excluding carboxylic acids is 2. The number of hydrogen-bond acceptors (Lipinski definition) is 5. The van der Waals surface area contributed by atoms with Crippen molar-refractivity contribution < 1.29 is 19.8 Å². The van der Waals surface area contributed by atoms with Gasteiger partial charge in [0.15, 0.2) is 5.78 Å². The molecule has 0 spiro atoms. The van der Waals surface area contributed by atoms with Crippen LogP contribution in [0.25, 0.3) is 0 Å². The molecule has 2 rings (SSSR count). The van der Waals surface area contributed by atoms with E-state index in [9.17, 15) is 19.8 Å². The maximum absolute atomic E-state index is 11.6. The van der Waals surface area contributed by atoms with Crippen LogP contribution in [0.1, 0.15) is 27.1 Å². The Hall–Kier alpha value is -1.75. The first-order chi connectivity index (χ1) is 7.02. The highest BCUT2D eigenvalue weighted by Gasteiger charge is 2.32. The van der Waals surface area contributed by atoms with E-state index >= 15 is 0 Å². The van der Waals surface area contributed by atoms with Gasteiger partial charge in [0, 0.05) is 0 Å². The molecule has 0 amide bonds. The number of Topliss-reactive ketones (excluding diaryl/α,β-unsaturated/α-hetero) is 2. The van der Waals surface area contributed by atoms with Crippen molar-refractivity contribution in [3.8, 4) is 11.5 Å². The summed E-state index contributed by atoms with van der Waals surface area (Å²) < 4.78 is 0. The summed E-state index contributed by atoms with van der Waals surface area (Å²) in [6, 6.07) is 2.33. The van der Waals surface area contributed by atoms with Gasteiger partial charge in [0.05, 0.1) is 22.4 Å². The topological polar surface area (TPSA) is 74.6 Å². The Bertz CT molecular complexity index is 504. The molecule has 1 aliphatic rings. The Kier molecular flexibility index (Phi) is 2.04. The monoisotopic (exact) mass is 222 g/mol. The number of phenolic OH excluding ortho intramolecular Hbond substituents is 2. The lowest BCUT2D eigenvalue weighted by molar-refractivity contribution is 0.0962. The van der Waals surface area contributed by atoms with E-state index in [0.717, 1.165) is 6.07 Å². The molecular formula is C10H6O4S. The van der Waals surface area contributed by atoms with Crippen molar-refractivity contribution in [3.63, 3.8) is 0 Å². The summed E-state index contributed by atoms with van der Waals surface area (Å²) in [6.45, 7) is 0. The van der Waals surface area contributed by atoms with Gasteiger partial charge in [0.2, 0.25) is 5.78 Å². The fraction of sp³-hybridized carbons (Fsp3) is 0.100. The lowest BCUT2D eigenvalue weighted by Gasteiger charge is -2.16. The number of benzene rings is 1. The van der Waals surface area contributed by atoms with Gasteiger partial charge in [-0.1, -0.05) is 12.2 Å². The minimum Gasteiger partial charge on any atom is -0.507 e. The Morgan fingerprint density at radius 3 is 2.20 bits per heavy atom. The van der Waals surface area contributed by atoms with Crippen molar-refractivity contribution in [2.24, 2.45) is 0 Å². The second-order valence-corrected chi connectivity index (χ2v) is 3.70. The van der Waals surface area contributed by atoms with Crippen LogP contribution in [0.4, 0.5) is 0 Å². The highest BCUT2D eigenvalue weighted by Crippen LogP contribution is 2.33. The molecule has 4 nitrogen and oxygen atoms in total. The third-order valence-corrected chi connectivity index (χ3v) is 2.57. The van der Waals surface area contributed by atoms with Crippen molar-refractivity contribution in [2.45, 2.75) is 6.42 Å². The van der Waals surface area contributed by atoms with E-state index in [1.165, 1.54) is 6.07 Å². The maximum Gasteiger partial charge on any atom is 0.204 e. The Labute approximate surface area is 90.2 Å². The quantitative estimate of drug-likeness (QED) is 0.510. The van der Waals surface area contributed by atoms with Gasteiger partial charge in [-0.2, -0.15) is 0 Å². The number of aromatic hydroxyl groups is 2. The van der Waals surface area contributed by atoms with E-state index in [4.69, 9.17) is 12.2 Å². The standard InChI is InChI=1S/C10H6O4S/c11-4-1-2-5(12)9-8(4)6(13)3-7(15)10(9)14/h1-2,11-12H,3H2. The molecule has 1 aliphatic carbocycles. The van der Waals surface area contributed by atoms with Gasteiger partial charge in [-0.25, -0.2) is 0 Å². The summed E-state index contributed by atoms with van der Waals surface area (Å²) in [5, 5.41) is 18.9. The molecule has 0 aromatic heterocycles. The molecule has 5 heteroatoms. The van der Waals surface area contributed by atoms with Crippen LogP contribution in [0.3, 0.4) is 0 Å². The highest BCUT2D eigenvalue weighted by atomic mass is 32.1. The van der Waals surface area contributed by atoms with Gasteiger partial charge in [0.1, 0.15) is 11.5 Å². The number of rotatable bonds is 0. The van der Waals surface area contributed by atoms with Crippen LogP contribution in [0.15, 0.2) is 12.1 Å². The van der Waals surface area contributed by atoms with Gasteiger partial charge in [-0.3, -0.25) is 9.59 Å². The van der Waals surface area contributed by atoms with Crippen LogP contribution in [-0.4, -0.2) is 26.6 Å². The second-order valence-electron chi connectivity index (χ2n) is 3.21. The predicted octanol–water partition coefficient (Wildman–Crippen LogP) is 1.24. The summed E-state index contributed by atoms with van der Waals surface area (Å²) in [4.78, 5) is 23.0. The van der Waals surface area contributed by atoms with Gasteiger partial charge in [-0.15, -0.1) is 0 Å². The van der Waals surface area contributed by atoms with E-state index in [1.54, 1.807) is 0 Å². The predicted molar refractivity (Wildman–Crippen MR) is 55.6 cm³/mol. The van der Waals surface area contributed by atoms with Gasteiger partial charge in [0.25, 0.3) is 0 Å². The fourth-order valence-corrected chi connectivity index (χ4v) is 1.78. The fourth-order valence-electron chi connectivity index (χ4n) is 1.55. The Balaban J connectivity index is 2.81. The number of fused-ring (bicyclic) bond motifs is 1. The number of hydrogen-bond donors (Lipinski definition) is 2. The molecule has 0 bridgehead atoms. The molecule has 0 aliphatic heterocycles. The number of ketones is 2. The number of thiocarbonyl (C=S) groups is 1. The Morgan fingerprint density at radius 1 is 1.07 bits per heavy atom. The summed E-state index contributed by atoms with van der Waals surface area (Å²) in [5.41, 5.74) is -0.315. The van der Waals surface area contributed by atoms with Gasteiger partial charge < -0.3 is 10.2 Å². The third-order valence-electron chi connectivity index (χ3n) is 2.24. The van der Waals surface area contributed by atoms with Crippen LogP contribution < -0.4 is 0 Å². The molecule has 0 radical (unpaired) electrons. The van der Waals surface area contributed by atoms with Crippen molar-refractivity contribution >= 4 is 28.6 Å². The summed E-state index contributed by atoms with van der Waals surface area (Å²) in [7, 11) is 0. The molecule has 0 fully saturated rings. The molecule has 0 unspecified atom stereocenters. The molecule has 1 aromatic rings. The first-order valence-corrected chi connectivity index (χ1v) is 4.59. The molecule has 15 heavy (non-hydrogen) atoms. The number of phenols is 2. The van der Waals surface area contributed by atoms with Crippen molar-refractivity contribution in [1.29, 1.82) is 0 Å². The molecule has 76 valence electrons. The zero-order valence-electron chi connectivity index (χ0n) is 7.48. The minimum absolute atomic E-state index is 0.0339. The molecule has 1 aromatic carbocycles. The van der Waals surface area contributed by atoms with Crippen LogP contribution in [-0.2, 0) is 0 Å². The highest BCUT2D eigenvalue weighted by molar-refractivity contribution is 7.82. The Morgan fingerprint density at radius 2 is 1.60 bits per heavy atom. The molecular weight excluding hydrogens is 216 g/mol. The smallest absolute Gasteiger partial charge is 0.204 e. The first kappa shape index (κ1) is 9.79. The first-order valence-electron chi connectivity index (χ1n) is 4.18. The lowest BCUT2D eigenvalue weighted by atomic mass is 9.88. The van der Waals surface area contributed by atoms with Gasteiger partial charge >= 0.3 is 0 Å². The zero-order valence-corrected chi connectivity index (χ0v) is 8.30. The molecule has 0 saturated carbocycles. The minimum atomic E-state index is -0.562. The van der Waals surface area contributed by atoms with Crippen LogP contribution in [0.5, 0.6) is 11.5 Å². The summed E-state index contributed by atoms with van der Waals surface area (Å²) >= 11 is 4.72. The maximum atomic E-state index is 11.6. The average molecular weight is 222 g/mol. The van der Waals surface area contributed by atoms with Gasteiger partial charge in [-0.05, 0) is 12.1 Å². The SMILES string of the molecule is O=C1CC(=S)C(=O)c2c(O)ccc(O)c21. The molecule has 0 atom stereocenters. The third kappa shape index (κ3) is 1.32. The largest absolute Gasteiger partial charge is 0.507 e. The van der Waals surface area contributed by atoms with Crippen molar-refractivity contribution in [2.75, 3.05) is 0 Å². The van der Waals surface area contributed by atoms with E-state index in [-0.39, 0.29) is 33.9 Å². The van der Waals surface area contributed by atoms with Crippen molar-refractivity contribution in [1.82, 2.24) is 0 Å². The normalized spacial score (nSPS) is 15.3. The summed E-state index contributed by atoms with van der Waals surface area (Å²) in [5.74, 6) is -1.64. The van der Waals surface area contributed by atoms with Crippen LogP contribution in [0, 0.1) is 0 Å². The molecule has 0 heterocycles. The van der Waals surface area contributed by atoms with E-state index < -0.39 is 11.6 Å². The molecule has 2 N–H and O–H groups in total. The van der Waals surface area contributed by atoms with Crippen LogP contribution >= 0.6 is 12.2 Å². The van der Waals surface area contributed by atoms with Crippen molar-refractivity contribution in [3.05, 3.63) is 23.3 Å². The lowest BCUT2D eigenvalue weighted by Crippen LogP contribution is -2.25. The summed E-state index contributed by atoms with van der Waals surface area (Å²) in [6.07, 6.45) is -0.182. The average Bonchev–Trinajstić information content (AvgIpc) is 2.18. The number of carbonyl (C=O) groups is 2. The zero-order chi connectivity index (χ0) is 11.2.